The van der Waals surface area contributed by atoms with Crippen LogP contribution in [-0.4, -0.2) is 0 Å². The Bertz CT molecular complexity index is 573. The van der Waals surface area contributed by atoms with Crippen molar-refractivity contribution in [3.8, 4) is 0 Å². The monoisotopic (exact) mass is 206 g/mol. The third-order valence-electron chi connectivity index (χ3n) is 3.09. The maximum atomic E-state index is 2.30. The fraction of sp³-hybridized carbons (Fsp3) is 0.125. The highest BCUT2D eigenvalue weighted by molar-refractivity contribution is 5.83. The van der Waals surface area contributed by atoms with Gasteiger partial charge in [-0.3, -0.25) is 0 Å². The second-order valence-electron chi connectivity index (χ2n) is 4.32. The number of hydrogen-bond acceptors (Lipinski definition) is 0. The third kappa shape index (κ3) is 1.79. The first-order valence-corrected chi connectivity index (χ1v) is 5.74. The molecule has 0 heteroatoms. The number of benzene rings is 2. The largest absolute Gasteiger partial charge is 0.0804 e. The topological polar surface area (TPSA) is 0 Å². The van der Waals surface area contributed by atoms with Crippen molar-refractivity contribution in [3.05, 3.63) is 71.8 Å². The molecule has 0 atom stereocenters. The van der Waals surface area contributed by atoms with Gasteiger partial charge in [0.25, 0.3) is 0 Å². The molecule has 16 heavy (non-hydrogen) atoms. The normalized spacial score (nSPS) is 14.4. The van der Waals surface area contributed by atoms with E-state index >= 15 is 0 Å². The molecule has 78 valence electrons. The number of fused-ring (bicyclic) bond motifs is 1. The fourth-order valence-corrected chi connectivity index (χ4v) is 2.23. The molecule has 0 unspecified atom stereocenters. The van der Waals surface area contributed by atoms with Crippen molar-refractivity contribution >= 4 is 10.8 Å². The van der Waals surface area contributed by atoms with Gasteiger partial charge >= 0.3 is 0 Å². The number of rotatable bonds is 2. The molecule has 0 saturated heterocycles. The lowest BCUT2D eigenvalue weighted by molar-refractivity contribution is 1.09. The van der Waals surface area contributed by atoms with Crippen molar-refractivity contribution in [2.45, 2.75) is 12.8 Å². The molecule has 0 spiro atoms. The third-order valence-corrected chi connectivity index (χ3v) is 3.09. The molecule has 0 heterocycles. The summed E-state index contributed by atoms with van der Waals surface area (Å²) in [5.74, 6) is 0. The summed E-state index contributed by atoms with van der Waals surface area (Å²) in [5.41, 5.74) is 2.92. The van der Waals surface area contributed by atoms with Crippen LogP contribution in [0, 0.1) is 0 Å². The van der Waals surface area contributed by atoms with Crippen LogP contribution in [0.4, 0.5) is 0 Å². The summed E-state index contributed by atoms with van der Waals surface area (Å²) in [6.07, 6.45) is 8.80. The summed E-state index contributed by atoms with van der Waals surface area (Å²) in [6, 6.07) is 15.3. The summed E-state index contributed by atoms with van der Waals surface area (Å²) in [7, 11) is 0. The van der Waals surface area contributed by atoms with E-state index in [4.69, 9.17) is 0 Å². The predicted molar refractivity (Wildman–Crippen MR) is 69.5 cm³/mol. The first kappa shape index (κ1) is 9.41. The van der Waals surface area contributed by atoms with Gasteiger partial charge in [0.15, 0.2) is 0 Å². The van der Waals surface area contributed by atoms with E-state index in [0.717, 1.165) is 12.8 Å². The Morgan fingerprint density at radius 3 is 2.62 bits per heavy atom. The number of allylic oxidation sites excluding steroid dienone is 4. The van der Waals surface area contributed by atoms with Crippen molar-refractivity contribution in [1.29, 1.82) is 0 Å². The van der Waals surface area contributed by atoms with Gasteiger partial charge in [0.05, 0.1) is 0 Å². The average Bonchev–Trinajstić information content (AvgIpc) is 2.82. The van der Waals surface area contributed by atoms with Gasteiger partial charge in [0, 0.05) is 0 Å². The Morgan fingerprint density at radius 1 is 0.938 bits per heavy atom. The van der Waals surface area contributed by atoms with Gasteiger partial charge in [-0.15, -0.1) is 0 Å². The van der Waals surface area contributed by atoms with Crippen molar-refractivity contribution in [3.63, 3.8) is 0 Å². The Morgan fingerprint density at radius 2 is 1.81 bits per heavy atom. The molecule has 0 nitrogen and oxygen atoms in total. The van der Waals surface area contributed by atoms with Crippen LogP contribution in [0.2, 0.25) is 0 Å². The van der Waals surface area contributed by atoms with Crippen molar-refractivity contribution < 1.29 is 0 Å². The molecule has 1 aliphatic carbocycles. The van der Waals surface area contributed by atoms with E-state index < -0.39 is 0 Å². The summed E-state index contributed by atoms with van der Waals surface area (Å²) in [6.45, 7) is 0. The molecule has 0 aromatic heterocycles. The second kappa shape index (κ2) is 3.97. The van der Waals surface area contributed by atoms with Crippen LogP contribution in [0.5, 0.6) is 0 Å². The predicted octanol–water partition coefficient (Wildman–Crippen LogP) is 4.27. The summed E-state index contributed by atoms with van der Waals surface area (Å²) in [5, 5.41) is 2.66. The second-order valence-corrected chi connectivity index (χ2v) is 4.32. The zero-order chi connectivity index (χ0) is 10.8. The average molecular weight is 206 g/mol. The molecule has 0 radical (unpaired) electrons. The lowest BCUT2D eigenvalue weighted by atomic mass is 10.0. The lowest BCUT2D eigenvalue weighted by Crippen LogP contribution is -1.87. The molecule has 3 rings (SSSR count). The van der Waals surface area contributed by atoms with Crippen molar-refractivity contribution in [2.24, 2.45) is 0 Å². The minimum absolute atomic E-state index is 1.08. The van der Waals surface area contributed by atoms with Gasteiger partial charge in [-0.1, -0.05) is 66.3 Å². The van der Waals surface area contributed by atoms with Gasteiger partial charge in [-0.05, 0) is 29.2 Å². The van der Waals surface area contributed by atoms with Crippen LogP contribution in [0.3, 0.4) is 0 Å². The Kier molecular flexibility index (Phi) is 2.34. The first-order chi connectivity index (χ1) is 7.92. The standard InChI is InChI=1S/C16H14/c1-2-6-13(5-1)11-14-9-10-15-7-3-4-8-16(15)12-14/h1-5,7-10,12H,6,11H2. The number of hydrogen-bond donors (Lipinski definition) is 0. The van der Waals surface area contributed by atoms with Gasteiger partial charge in [-0.25, -0.2) is 0 Å². The van der Waals surface area contributed by atoms with Crippen LogP contribution < -0.4 is 0 Å². The van der Waals surface area contributed by atoms with E-state index in [1.165, 1.54) is 21.9 Å². The molecular formula is C16H14. The van der Waals surface area contributed by atoms with Crippen molar-refractivity contribution in [2.75, 3.05) is 0 Å². The van der Waals surface area contributed by atoms with Gasteiger partial charge < -0.3 is 0 Å². The highest BCUT2D eigenvalue weighted by Gasteiger charge is 2.02. The van der Waals surface area contributed by atoms with Crippen LogP contribution in [-0.2, 0) is 6.42 Å². The summed E-state index contributed by atoms with van der Waals surface area (Å²) in [4.78, 5) is 0. The zero-order valence-electron chi connectivity index (χ0n) is 9.19. The van der Waals surface area contributed by atoms with Crippen LogP contribution >= 0.6 is 0 Å². The lowest BCUT2D eigenvalue weighted by Gasteiger charge is -2.04. The molecule has 0 amide bonds. The molecule has 1 aliphatic rings. The first-order valence-electron chi connectivity index (χ1n) is 5.74. The van der Waals surface area contributed by atoms with Crippen LogP contribution in [0.15, 0.2) is 66.3 Å². The smallest absolute Gasteiger partial charge is 0.00607 e. The minimum atomic E-state index is 1.08. The molecule has 0 aliphatic heterocycles. The molecule has 2 aromatic carbocycles. The van der Waals surface area contributed by atoms with Crippen LogP contribution in [0.1, 0.15) is 12.0 Å². The Balaban J connectivity index is 1.93. The van der Waals surface area contributed by atoms with Crippen LogP contribution in [0.25, 0.3) is 10.8 Å². The van der Waals surface area contributed by atoms with Crippen molar-refractivity contribution in [1.82, 2.24) is 0 Å². The van der Waals surface area contributed by atoms with E-state index in [9.17, 15) is 0 Å². The molecular weight excluding hydrogens is 192 g/mol. The summed E-state index contributed by atoms with van der Waals surface area (Å²) >= 11 is 0. The van der Waals surface area contributed by atoms with Gasteiger partial charge in [0.1, 0.15) is 0 Å². The zero-order valence-corrected chi connectivity index (χ0v) is 9.19. The highest BCUT2D eigenvalue weighted by Crippen LogP contribution is 2.20. The highest BCUT2D eigenvalue weighted by atomic mass is 14.1. The Labute approximate surface area is 95.9 Å². The molecule has 0 fully saturated rings. The maximum Gasteiger partial charge on any atom is -0.00607 e. The van der Waals surface area contributed by atoms with Gasteiger partial charge in [-0.2, -0.15) is 0 Å². The molecule has 0 saturated carbocycles. The Hall–Kier alpha value is -1.82. The molecule has 2 aromatic rings. The quantitative estimate of drug-likeness (QED) is 0.688. The minimum Gasteiger partial charge on any atom is -0.0804 e. The maximum absolute atomic E-state index is 2.30. The van der Waals surface area contributed by atoms with E-state index in [0.29, 0.717) is 0 Å². The van der Waals surface area contributed by atoms with Gasteiger partial charge in [0.2, 0.25) is 0 Å². The fourth-order valence-electron chi connectivity index (χ4n) is 2.23. The van der Waals surface area contributed by atoms with E-state index in [1.807, 2.05) is 0 Å². The molecule has 0 N–H and O–H groups in total. The van der Waals surface area contributed by atoms with E-state index in [1.54, 1.807) is 0 Å². The molecule has 0 bridgehead atoms. The SMILES string of the molecule is C1=CCC(Cc2ccc3ccccc3c2)=C1. The van der Waals surface area contributed by atoms with E-state index in [2.05, 4.69) is 60.7 Å². The van der Waals surface area contributed by atoms with E-state index in [-0.39, 0.29) is 0 Å². The summed E-state index contributed by atoms with van der Waals surface area (Å²) < 4.78 is 0.